The van der Waals surface area contributed by atoms with Crippen molar-refractivity contribution in [1.82, 2.24) is 14.9 Å². The van der Waals surface area contributed by atoms with Crippen LogP contribution >= 0.6 is 0 Å². The molecule has 10 heteroatoms. The standard InChI is InChI=1S/C19H31N3O6S/c1-14-6-8-16(9-7-14)29(26,27)21-13-17(24)22(5)11-10-15(23)12-20-18(25)28-19(2,3)4/h6-9,15,21,23H,10-13H2,1-5H3,(H,20,25). The van der Waals surface area contributed by atoms with Gasteiger partial charge in [-0.05, 0) is 46.2 Å². The van der Waals surface area contributed by atoms with Crippen LogP contribution in [0.3, 0.4) is 0 Å². The number of rotatable bonds is 9. The quantitative estimate of drug-likeness (QED) is 0.538. The minimum atomic E-state index is -3.78. The highest BCUT2D eigenvalue weighted by atomic mass is 32.2. The number of sulfonamides is 1. The molecule has 1 aromatic carbocycles. The number of amides is 2. The summed E-state index contributed by atoms with van der Waals surface area (Å²) in [5, 5.41) is 12.4. The van der Waals surface area contributed by atoms with Crippen LogP contribution in [-0.4, -0.2) is 68.8 Å². The number of aliphatic hydroxyl groups is 1. The molecule has 0 bridgehead atoms. The third kappa shape index (κ3) is 9.73. The van der Waals surface area contributed by atoms with Gasteiger partial charge in [-0.3, -0.25) is 4.79 Å². The first kappa shape index (κ1) is 24.9. The lowest BCUT2D eigenvalue weighted by Gasteiger charge is -2.22. The third-order valence-corrected chi connectivity index (χ3v) is 5.27. The van der Waals surface area contributed by atoms with Crippen molar-refractivity contribution < 1.29 is 27.9 Å². The maximum absolute atomic E-state index is 12.2. The molecule has 0 aliphatic heterocycles. The van der Waals surface area contributed by atoms with Gasteiger partial charge in [0.15, 0.2) is 0 Å². The largest absolute Gasteiger partial charge is 0.444 e. The highest BCUT2D eigenvalue weighted by Crippen LogP contribution is 2.09. The van der Waals surface area contributed by atoms with Crippen molar-refractivity contribution in [2.45, 2.75) is 50.7 Å². The summed E-state index contributed by atoms with van der Waals surface area (Å²) in [5.74, 6) is -0.437. The molecule has 29 heavy (non-hydrogen) atoms. The van der Waals surface area contributed by atoms with Crippen LogP contribution in [0, 0.1) is 6.92 Å². The number of likely N-dealkylation sites (N-methyl/N-ethyl adjacent to an activating group) is 1. The predicted molar refractivity (Wildman–Crippen MR) is 109 cm³/mol. The second-order valence-electron chi connectivity index (χ2n) is 7.78. The van der Waals surface area contributed by atoms with Gasteiger partial charge in [-0.2, -0.15) is 0 Å². The molecule has 0 heterocycles. The summed E-state index contributed by atoms with van der Waals surface area (Å²) in [7, 11) is -2.27. The fourth-order valence-corrected chi connectivity index (χ4v) is 3.15. The molecule has 0 aromatic heterocycles. The maximum Gasteiger partial charge on any atom is 0.407 e. The first-order chi connectivity index (χ1) is 13.3. The van der Waals surface area contributed by atoms with Gasteiger partial charge < -0.3 is 20.1 Å². The van der Waals surface area contributed by atoms with Crippen LogP contribution in [0.4, 0.5) is 4.79 Å². The fourth-order valence-electron chi connectivity index (χ4n) is 2.18. The Kier molecular flexibility index (Phi) is 9.06. The van der Waals surface area contributed by atoms with E-state index in [1.165, 1.54) is 24.1 Å². The van der Waals surface area contributed by atoms with Gasteiger partial charge in [0, 0.05) is 20.1 Å². The Morgan fingerprint density at radius 2 is 1.79 bits per heavy atom. The normalized spacial score (nSPS) is 12.9. The van der Waals surface area contributed by atoms with Gasteiger partial charge in [0.1, 0.15) is 5.60 Å². The van der Waals surface area contributed by atoms with E-state index in [0.29, 0.717) is 0 Å². The van der Waals surface area contributed by atoms with Gasteiger partial charge in [0.05, 0.1) is 17.5 Å². The van der Waals surface area contributed by atoms with Gasteiger partial charge in [-0.15, -0.1) is 0 Å². The summed E-state index contributed by atoms with van der Waals surface area (Å²) in [5.41, 5.74) is 0.299. The van der Waals surface area contributed by atoms with E-state index in [9.17, 15) is 23.1 Å². The molecule has 1 rings (SSSR count). The highest BCUT2D eigenvalue weighted by Gasteiger charge is 2.19. The zero-order chi connectivity index (χ0) is 22.2. The van der Waals surface area contributed by atoms with Crippen LogP contribution in [0.15, 0.2) is 29.2 Å². The van der Waals surface area contributed by atoms with Crippen molar-refractivity contribution in [1.29, 1.82) is 0 Å². The lowest BCUT2D eigenvalue weighted by molar-refractivity contribution is -0.128. The number of alkyl carbamates (subject to hydrolysis) is 1. The summed E-state index contributed by atoms with van der Waals surface area (Å²) in [4.78, 5) is 25.1. The zero-order valence-corrected chi connectivity index (χ0v) is 18.4. The van der Waals surface area contributed by atoms with E-state index in [2.05, 4.69) is 10.0 Å². The topological polar surface area (TPSA) is 125 Å². The average molecular weight is 430 g/mol. The molecule has 0 aliphatic carbocycles. The van der Waals surface area contributed by atoms with Gasteiger partial charge in [-0.1, -0.05) is 17.7 Å². The Balaban J connectivity index is 2.38. The molecule has 0 saturated heterocycles. The predicted octanol–water partition coefficient (Wildman–Crippen LogP) is 1.01. The number of aliphatic hydroxyl groups excluding tert-OH is 1. The Morgan fingerprint density at radius 1 is 1.21 bits per heavy atom. The summed E-state index contributed by atoms with van der Waals surface area (Å²) >= 11 is 0. The van der Waals surface area contributed by atoms with Crippen molar-refractivity contribution in [3.8, 4) is 0 Å². The Labute approximate surface area is 172 Å². The van der Waals surface area contributed by atoms with E-state index in [4.69, 9.17) is 4.74 Å². The van der Waals surface area contributed by atoms with Gasteiger partial charge in [0.2, 0.25) is 15.9 Å². The van der Waals surface area contributed by atoms with E-state index in [0.717, 1.165) is 5.56 Å². The molecule has 1 aromatic rings. The summed E-state index contributed by atoms with van der Waals surface area (Å²) < 4.78 is 31.8. The molecule has 2 amide bonds. The van der Waals surface area contributed by atoms with E-state index in [1.807, 2.05) is 6.92 Å². The molecule has 0 spiro atoms. The van der Waals surface area contributed by atoms with Crippen molar-refractivity contribution >= 4 is 22.0 Å². The van der Waals surface area contributed by atoms with Gasteiger partial charge in [0.25, 0.3) is 0 Å². The van der Waals surface area contributed by atoms with Crippen LogP contribution < -0.4 is 10.0 Å². The molecular formula is C19H31N3O6S. The second kappa shape index (κ2) is 10.6. The maximum atomic E-state index is 12.2. The first-order valence-electron chi connectivity index (χ1n) is 9.25. The van der Waals surface area contributed by atoms with Gasteiger partial charge in [-0.25, -0.2) is 17.9 Å². The molecule has 164 valence electrons. The zero-order valence-electron chi connectivity index (χ0n) is 17.6. The number of carbonyl (C=O) groups is 2. The number of nitrogens with zero attached hydrogens (tertiary/aromatic N) is 1. The Morgan fingerprint density at radius 3 is 2.34 bits per heavy atom. The molecule has 3 N–H and O–H groups in total. The molecule has 0 radical (unpaired) electrons. The third-order valence-electron chi connectivity index (χ3n) is 3.85. The summed E-state index contributed by atoms with van der Waals surface area (Å²) in [6.07, 6.45) is -1.29. The smallest absolute Gasteiger partial charge is 0.407 e. The molecule has 0 saturated carbocycles. The highest BCUT2D eigenvalue weighted by molar-refractivity contribution is 7.89. The summed E-state index contributed by atoms with van der Waals surface area (Å²) in [6, 6.07) is 6.30. The SMILES string of the molecule is Cc1ccc(S(=O)(=O)NCC(=O)N(C)CCC(O)CNC(=O)OC(C)(C)C)cc1. The Bertz CT molecular complexity index is 787. The van der Waals surface area contributed by atoms with E-state index >= 15 is 0 Å². The molecule has 1 unspecified atom stereocenters. The summed E-state index contributed by atoms with van der Waals surface area (Å²) in [6.45, 7) is 6.84. The molecular weight excluding hydrogens is 398 g/mol. The van der Waals surface area contributed by atoms with Crippen molar-refractivity contribution in [2.75, 3.05) is 26.7 Å². The molecule has 9 nitrogen and oxygen atoms in total. The van der Waals surface area contributed by atoms with Crippen LogP contribution in [0.25, 0.3) is 0 Å². The number of carbonyl (C=O) groups excluding carboxylic acids is 2. The molecule has 0 aliphatic rings. The molecule has 0 fully saturated rings. The first-order valence-corrected chi connectivity index (χ1v) is 10.7. The van der Waals surface area contributed by atoms with Crippen molar-refractivity contribution in [2.24, 2.45) is 0 Å². The molecule has 1 atom stereocenters. The van der Waals surface area contributed by atoms with E-state index in [1.54, 1.807) is 32.9 Å². The number of aryl methyl sites for hydroxylation is 1. The van der Waals surface area contributed by atoms with Crippen LogP contribution in [0.5, 0.6) is 0 Å². The van der Waals surface area contributed by atoms with E-state index < -0.39 is 33.7 Å². The Hall–Kier alpha value is -2.17. The second-order valence-corrected chi connectivity index (χ2v) is 9.55. The van der Waals surface area contributed by atoms with Crippen molar-refractivity contribution in [3.05, 3.63) is 29.8 Å². The lowest BCUT2D eigenvalue weighted by atomic mass is 10.2. The number of hydrogen-bond donors (Lipinski definition) is 3. The van der Waals surface area contributed by atoms with Crippen molar-refractivity contribution in [3.63, 3.8) is 0 Å². The lowest BCUT2D eigenvalue weighted by Crippen LogP contribution is -2.41. The minimum absolute atomic E-state index is 0.0169. The minimum Gasteiger partial charge on any atom is -0.444 e. The fraction of sp³-hybridized carbons (Fsp3) is 0.579. The number of hydrogen-bond acceptors (Lipinski definition) is 6. The number of ether oxygens (including phenoxy) is 1. The van der Waals surface area contributed by atoms with E-state index in [-0.39, 0.29) is 31.0 Å². The number of benzene rings is 1. The van der Waals surface area contributed by atoms with Gasteiger partial charge >= 0.3 is 6.09 Å². The van der Waals surface area contributed by atoms with Crippen LogP contribution in [-0.2, 0) is 19.6 Å². The average Bonchev–Trinajstić information content (AvgIpc) is 2.61. The monoisotopic (exact) mass is 429 g/mol. The van der Waals surface area contributed by atoms with Crippen LogP contribution in [0.2, 0.25) is 0 Å². The number of nitrogens with one attached hydrogen (secondary N) is 2. The van der Waals surface area contributed by atoms with Crippen LogP contribution in [0.1, 0.15) is 32.8 Å².